The number of rotatable bonds is 2. The van der Waals surface area contributed by atoms with Gasteiger partial charge in [0.2, 0.25) is 0 Å². The van der Waals surface area contributed by atoms with Crippen LogP contribution in [0, 0.1) is 4.64 Å². The number of pyridine rings is 2. The Morgan fingerprint density at radius 3 is 2.70 bits per heavy atom. The molecular weight excluding hydrogens is 264 g/mol. The van der Waals surface area contributed by atoms with E-state index in [0.29, 0.717) is 5.92 Å². The second-order valence-corrected chi connectivity index (χ2v) is 5.67. The highest BCUT2D eigenvalue weighted by molar-refractivity contribution is 7.71. The summed E-state index contributed by atoms with van der Waals surface area (Å²) in [5, 5.41) is 2.46. The molecule has 0 amide bonds. The number of aromatic amines is 1. The van der Waals surface area contributed by atoms with E-state index >= 15 is 0 Å². The van der Waals surface area contributed by atoms with Gasteiger partial charge in [0, 0.05) is 23.3 Å². The number of nitrogens with one attached hydrogen (secondary N) is 1. The molecule has 2 heterocycles. The molecule has 0 spiro atoms. The maximum absolute atomic E-state index is 5.07. The van der Waals surface area contributed by atoms with Gasteiger partial charge in [-0.05, 0) is 35.1 Å². The van der Waals surface area contributed by atoms with Crippen molar-refractivity contribution in [2.75, 3.05) is 0 Å². The second-order valence-electron chi connectivity index (χ2n) is 5.23. The Morgan fingerprint density at radius 2 is 2.00 bits per heavy atom. The van der Waals surface area contributed by atoms with E-state index in [1.807, 2.05) is 24.5 Å². The maximum Gasteiger partial charge on any atom is 0.103 e. The molecule has 0 aliphatic heterocycles. The Morgan fingerprint density at radius 1 is 1.15 bits per heavy atom. The highest BCUT2D eigenvalue weighted by Crippen LogP contribution is 2.27. The van der Waals surface area contributed by atoms with Gasteiger partial charge in [0.05, 0.1) is 5.69 Å². The predicted octanol–water partition coefficient (Wildman–Crippen LogP) is 5.08. The van der Waals surface area contributed by atoms with Crippen molar-refractivity contribution in [1.82, 2.24) is 9.97 Å². The highest BCUT2D eigenvalue weighted by atomic mass is 32.1. The molecule has 0 aliphatic rings. The molecule has 1 N–H and O–H groups in total. The van der Waals surface area contributed by atoms with Crippen LogP contribution in [0.25, 0.3) is 22.0 Å². The molecule has 3 heteroatoms. The lowest BCUT2D eigenvalue weighted by molar-refractivity contribution is 0.876. The van der Waals surface area contributed by atoms with Crippen molar-refractivity contribution < 1.29 is 0 Å². The van der Waals surface area contributed by atoms with Crippen LogP contribution in [0.2, 0.25) is 0 Å². The van der Waals surface area contributed by atoms with Crippen molar-refractivity contribution in [3.05, 3.63) is 59.0 Å². The van der Waals surface area contributed by atoms with Crippen molar-refractivity contribution in [2.24, 2.45) is 0 Å². The quantitative estimate of drug-likeness (QED) is 0.663. The number of benzene rings is 1. The van der Waals surface area contributed by atoms with Crippen molar-refractivity contribution in [3.63, 3.8) is 0 Å². The SMILES string of the molecule is CC(C)c1cccc2cc(-c3ccc(=S)[nH]c3)ncc12. The molecule has 0 radical (unpaired) electrons. The normalized spacial score (nSPS) is 11.2. The molecule has 2 aromatic heterocycles. The van der Waals surface area contributed by atoms with Gasteiger partial charge >= 0.3 is 0 Å². The van der Waals surface area contributed by atoms with Gasteiger partial charge in [-0.15, -0.1) is 0 Å². The molecule has 100 valence electrons. The van der Waals surface area contributed by atoms with Crippen molar-refractivity contribution in [2.45, 2.75) is 19.8 Å². The molecule has 3 aromatic rings. The number of hydrogen-bond acceptors (Lipinski definition) is 2. The fourth-order valence-electron chi connectivity index (χ4n) is 2.43. The fourth-order valence-corrected chi connectivity index (χ4v) is 2.55. The third kappa shape index (κ3) is 2.37. The number of aromatic nitrogens is 2. The molecule has 0 saturated carbocycles. The topological polar surface area (TPSA) is 28.7 Å². The van der Waals surface area contributed by atoms with Gasteiger partial charge in [-0.25, -0.2) is 0 Å². The van der Waals surface area contributed by atoms with Crippen LogP contribution in [0.15, 0.2) is 48.8 Å². The van der Waals surface area contributed by atoms with Crippen molar-refractivity contribution >= 4 is 23.0 Å². The smallest absolute Gasteiger partial charge is 0.103 e. The summed E-state index contributed by atoms with van der Waals surface area (Å²) >= 11 is 5.07. The molecular formula is C17H16N2S. The first-order valence-electron chi connectivity index (χ1n) is 6.73. The highest BCUT2D eigenvalue weighted by Gasteiger charge is 2.07. The van der Waals surface area contributed by atoms with E-state index in [1.165, 1.54) is 16.3 Å². The summed E-state index contributed by atoms with van der Waals surface area (Å²) in [6, 6.07) is 12.4. The minimum absolute atomic E-state index is 0.499. The number of nitrogens with zero attached hydrogens (tertiary/aromatic N) is 1. The number of fused-ring (bicyclic) bond motifs is 1. The average Bonchev–Trinajstić information content (AvgIpc) is 2.46. The first-order chi connectivity index (χ1) is 9.65. The molecule has 2 nitrogen and oxygen atoms in total. The van der Waals surface area contributed by atoms with Gasteiger partial charge in [-0.3, -0.25) is 4.98 Å². The zero-order valence-electron chi connectivity index (χ0n) is 11.6. The fraction of sp³-hybridized carbons (Fsp3) is 0.176. The zero-order chi connectivity index (χ0) is 14.1. The molecule has 20 heavy (non-hydrogen) atoms. The Balaban J connectivity index is 2.16. The van der Waals surface area contributed by atoms with Gasteiger partial charge < -0.3 is 4.98 Å². The van der Waals surface area contributed by atoms with Gasteiger partial charge in [0.15, 0.2) is 0 Å². The van der Waals surface area contributed by atoms with Crippen molar-refractivity contribution in [1.29, 1.82) is 0 Å². The molecule has 0 atom stereocenters. The summed E-state index contributed by atoms with van der Waals surface area (Å²) in [5.74, 6) is 0.499. The molecule has 0 saturated heterocycles. The Bertz CT molecular complexity index is 798. The monoisotopic (exact) mass is 280 g/mol. The Hall–Kier alpha value is -2.00. The third-order valence-corrected chi connectivity index (χ3v) is 3.75. The minimum atomic E-state index is 0.499. The minimum Gasteiger partial charge on any atom is -0.352 e. The van der Waals surface area contributed by atoms with Gasteiger partial charge in [0.1, 0.15) is 4.64 Å². The average molecular weight is 280 g/mol. The lowest BCUT2D eigenvalue weighted by atomic mass is 9.97. The van der Waals surface area contributed by atoms with Crippen LogP contribution in [0.1, 0.15) is 25.3 Å². The summed E-state index contributed by atoms with van der Waals surface area (Å²) < 4.78 is 0.733. The Kier molecular flexibility index (Phi) is 3.36. The van der Waals surface area contributed by atoms with Crippen LogP contribution in [0.4, 0.5) is 0 Å². The van der Waals surface area contributed by atoms with E-state index < -0.39 is 0 Å². The molecule has 1 aromatic carbocycles. The predicted molar refractivity (Wildman–Crippen MR) is 86.5 cm³/mol. The van der Waals surface area contributed by atoms with Crippen LogP contribution in [-0.2, 0) is 0 Å². The molecule has 0 fully saturated rings. The summed E-state index contributed by atoms with van der Waals surface area (Å²) in [6.45, 7) is 4.42. The van der Waals surface area contributed by atoms with E-state index in [-0.39, 0.29) is 0 Å². The Labute approximate surface area is 123 Å². The standard InChI is InChI=1S/C17H16N2S/c1-11(2)14-5-3-4-12-8-16(18-10-15(12)14)13-6-7-17(20)19-9-13/h3-11H,1-2H3,(H,19,20). The first kappa shape index (κ1) is 13.0. The van der Waals surface area contributed by atoms with Crippen molar-refractivity contribution in [3.8, 4) is 11.3 Å². The number of hydrogen-bond donors (Lipinski definition) is 1. The van der Waals surface area contributed by atoms with E-state index in [1.54, 1.807) is 0 Å². The largest absolute Gasteiger partial charge is 0.352 e. The molecule has 3 rings (SSSR count). The lowest BCUT2D eigenvalue weighted by Gasteiger charge is -2.10. The first-order valence-corrected chi connectivity index (χ1v) is 7.14. The van der Waals surface area contributed by atoms with Crippen LogP contribution >= 0.6 is 12.2 Å². The lowest BCUT2D eigenvalue weighted by Crippen LogP contribution is -1.91. The zero-order valence-corrected chi connectivity index (χ0v) is 12.4. The third-order valence-electron chi connectivity index (χ3n) is 3.50. The van der Waals surface area contributed by atoms with Crippen LogP contribution in [0.5, 0.6) is 0 Å². The van der Waals surface area contributed by atoms with Gasteiger partial charge in [-0.2, -0.15) is 0 Å². The molecule has 0 unspecified atom stereocenters. The summed E-state index contributed by atoms with van der Waals surface area (Å²) in [7, 11) is 0. The van der Waals surface area contributed by atoms with E-state index in [0.717, 1.165) is 15.9 Å². The van der Waals surface area contributed by atoms with Crippen LogP contribution < -0.4 is 0 Å². The van der Waals surface area contributed by atoms with Crippen LogP contribution in [-0.4, -0.2) is 9.97 Å². The molecule has 0 bridgehead atoms. The van der Waals surface area contributed by atoms with E-state index in [2.05, 4.69) is 48.1 Å². The second kappa shape index (κ2) is 5.17. The van der Waals surface area contributed by atoms with Crippen LogP contribution in [0.3, 0.4) is 0 Å². The summed E-state index contributed by atoms with van der Waals surface area (Å²) in [6.07, 6.45) is 3.88. The van der Waals surface area contributed by atoms with Gasteiger partial charge in [0.25, 0.3) is 0 Å². The van der Waals surface area contributed by atoms with Gasteiger partial charge in [-0.1, -0.05) is 44.3 Å². The summed E-state index contributed by atoms with van der Waals surface area (Å²) in [4.78, 5) is 7.65. The van der Waals surface area contributed by atoms with E-state index in [4.69, 9.17) is 12.2 Å². The maximum atomic E-state index is 5.07. The number of H-pyrrole nitrogens is 1. The molecule has 0 aliphatic carbocycles. The van der Waals surface area contributed by atoms with E-state index in [9.17, 15) is 0 Å². The summed E-state index contributed by atoms with van der Waals surface area (Å²) in [5.41, 5.74) is 3.36.